The quantitative estimate of drug-likeness (QED) is 0.910. The van der Waals surface area contributed by atoms with Crippen molar-refractivity contribution in [2.45, 2.75) is 26.4 Å². The maximum Gasteiger partial charge on any atom is 0.123 e. The number of rotatable bonds is 5. The lowest BCUT2D eigenvalue weighted by Gasteiger charge is -2.23. The second-order valence-corrected chi connectivity index (χ2v) is 5.50. The van der Waals surface area contributed by atoms with Gasteiger partial charge in [-0.1, -0.05) is 24.3 Å². The zero-order chi connectivity index (χ0) is 15.4. The van der Waals surface area contributed by atoms with Gasteiger partial charge in [0.2, 0.25) is 0 Å². The van der Waals surface area contributed by atoms with Crippen molar-refractivity contribution in [3.05, 3.63) is 59.2 Å². The van der Waals surface area contributed by atoms with Crippen molar-refractivity contribution in [3.8, 4) is 5.75 Å². The van der Waals surface area contributed by atoms with Gasteiger partial charge < -0.3 is 15.4 Å². The summed E-state index contributed by atoms with van der Waals surface area (Å²) in [4.78, 5) is 2.23. The summed E-state index contributed by atoms with van der Waals surface area (Å²) >= 11 is 0. The summed E-state index contributed by atoms with van der Waals surface area (Å²) in [5.41, 5.74) is 10.8. The zero-order valence-electron chi connectivity index (χ0n) is 13.3. The monoisotopic (exact) mass is 284 g/mol. The Morgan fingerprint density at radius 3 is 2.52 bits per heavy atom. The van der Waals surface area contributed by atoms with Crippen LogP contribution in [0.1, 0.15) is 29.7 Å². The molecule has 0 heterocycles. The van der Waals surface area contributed by atoms with Crippen molar-refractivity contribution in [2.75, 3.05) is 19.1 Å². The molecule has 0 saturated carbocycles. The molecular formula is C18H24N2O. The van der Waals surface area contributed by atoms with Gasteiger partial charge in [-0.2, -0.15) is 0 Å². The third-order valence-corrected chi connectivity index (χ3v) is 3.76. The summed E-state index contributed by atoms with van der Waals surface area (Å²) in [7, 11) is 3.80. The number of nitrogens with zero attached hydrogens (tertiary/aromatic N) is 1. The van der Waals surface area contributed by atoms with Crippen LogP contribution in [0.5, 0.6) is 5.75 Å². The van der Waals surface area contributed by atoms with Gasteiger partial charge in [0.15, 0.2) is 0 Å². The molecule has 2 rings (SSSR count). The van der Waals surface area contributed by atoms with E-state index in [4.69, 9.17) is 10.5 Å². The van der Waals surface area contributed by atoms with Crippen LogP contribution in [-0.2, 0) is 6.54 Å². The van der Waals surface area contributed by atoms with Gasteiger partial charge in [0.25, 0.3) is 0 Å². The highest BCUT2D eigenvalue weighted by Gasteiger charge is 2.11. The van der Waals surface area contributed by atoms with Gasteiger partial charge in [-0.05, 0) is 43.2 Å². The molecule has 0 bridgehead atoms. The standard InChI is InChI=1S/C18H24N2O/c1-13-7-5-6-8-17(13)20(3)12-16-11-15(14(2)19)9-10-18(16)21-4/h5-11,14H,12,19H2,1-4H3. The first-order valence-electron chi connectivity index (χ1n) is 7.22. The molecule has 1 atom stereocenters. The maximum atomic E-state index is 5.99. The van der Waals surface area contributed by atoms with E-state index in [1.165, 1.54) is 11.3 Å². The Balaban J connectivity index is 2.29. The normalized spacial score (nSPS) is 12.0. The predicted molar refractivity (Wildman–Crippen MR) is 88.9 cm³/mol. The summed E-state index contributed by atoms with van der Waals surface area (Å²) in [6.07, 6.45) is 0. The lowest BCUT2D eigenvalue weighted by atomic mass is 10.0. The first-order valence-corrected chi connectivity index (χ1v) is 7.22. The predicted octanol–water partition coefficient (Wildman–Crippen LogP) is 3.66. The minimum absolute atomic E-state index is 0.0263. The molecule has 112 valence electrons. The molecule has 0 spiro atoms. The molecule has 2 aromatic rings. The molecule has 2 aromatic carbocycles. The number of methoxy groups -OCH3 is 1. The second-order valence-electron chi connectivity index (χ2n) is 5.50. The van der Waals surface area contributed by atoms with Crippen molar-refractivity contribution >= 4 is 5.69 Å². The highest BCUT2D eigenvalue weighted by atomic mass is 16.5. The molecule has 3 nitrogen and oxygen atoms in total. The molecule has 0 amide bonds. The van der Waals surface area contributed by atoms with Crippen LogP contribution in [-0.4, -0.2) is 14.2 Å². The van der Waals surface area contributed by atoms with E-state index in [2.05, 4.69) is 49.2 Å². The van der Waals surface area contributed by atoms with Crippen LogP contribution in [0, 0.1) is 6.92 Å². The van der Waals surface area contributed by atoms with Crippen molar-refractivity contribution in [3.63, 3.8) is 0 Å². The maximum absolute atomic E-state index is 5.99. The van der Waals surface area contributed by atoms with E-state index in [0.717, 1.165) is 23.4 Å². The molecule has 0 fully saturated rings. The molecule has 2 N–H and O–H groups in total. The first kappa shape index (κ1) is 15.4. The Hall–Kier alpha value is -2.00. The first-order chi connectivity index (χ1) is 10.0. The van der Waals surface area contributed by atoms with Gasteiger partial charge in [0, 0.05) is 30.9 Å². The lowest BCUT2D eigenvalue weighted by molar-refractivity contribution is 0.409. The van der Waals surface area contributed by atoms with Crippen LogP contribution in [0.3, 0.4) is 0 Å². The van der Waals surface area contributed by atoms with E-state index in [0.29, 0.717) is 0 Å². The van der Waals surface area contributed by atoms with E-state index < -0.39 is 0 Å². The Kier molecular flexibility index (Phi) is 4.86. The molecule has 0 aliphatic rings. The van der Waals surface area contributed by atoms with Crippen molar-refractivity contribution in [2.24, 2.45) is 5.73 Å². The number of hydrogen-bond donors (Lipinski definition) is 1. The smallest absolute Gasteiger partial charge is 0.123 e. The topological polar surface area (TPSA) is 38.5 Å². The zero-order valence-corrected chi connectivity index (χ0v) is 13.3. The van der Waals surface area contributed by atoms with Crippen LogP contribution >= 0.6 is 0 Å². The van der Waals surface area contributed by atoms with Crippen LogP contribution in [0.25, 0.3) is 0 Å². The fourth-order valence-corrected chi connectivity index (χ4v) is 2.54. The Labute approximate surface area is 127 Å². The number of aryl methyl sites for hydroxylation is 1. The van der Waals surface area contributed by atoms with E-state index in [-0.39, 0.29) is 6.04 Å². The van der Waals surface area contributed by atoms with Crippen molar-refractivity contribution < 1.29 is 4.74 Å². The highest BCUT2D eigenvalue weighted by Crippen LogP contribution is 2.26. The van der Waals surface area contributed by atoms with Gasteiger partial charge in [-0.15, -0.1) is 0 Å². The molecule has 0 aliphatic heterocycles. The second kappa shape index (κ2) is 6.64. The number of nitrogens with two attached hydrogens (primary N) is 1. The fraction of sp³-hybridized carbons (Fsp3) is 0.333. The summed E-state index contributed by atoms with van der Waals surface area (Å²) in [6, 6.07) is 14.6. The van der Waals surface area contributed by atoms with Gasteiger partial charge in [-0.25, -0.2) is 0 Å². The van der Waals surface area contributed by atoms with Crippen LogP contribution in [0.4, 0.5) is 5.69 Å². The Morgan fingerprint density at radius 1 is 1.19 bits per heavy atom. The van der Waals surface area contributed by atoms with Gasteiger partial charge >= 0.3 is 0 Å². The third-order valence-electron chi connectivity index (χ3n) is 3.76. The fourth-order valence-electron chi connectivity index (χ4n) is 2.54. The summed E-state index contributed by atoms with van der Waals surface area (Å²) < 4.78 is 5.48. The van der Waals surface area contributed by atoms with Gasteiger partial charge in [0.05, 0.1) is 7.11 Å². The largest absolute Gasteiger partial charge is 0.496 e. The molecule has 21 heavy (non-hydrogen) atoms. The molecule has 0 saturated heterocycles. The van der Waals surface area contributed by atoms with Crippen LogP contribution in [0.2, 0.25) is 0 Å². The lowest BCUT2D eigenvalue weighted by Crippen LogP contribution is -2.18. The average Bonchev–Trinajstić information content (AvgIpc) is 2.47. The molecule has 1 unspecified atom stereocenters. The number of hydrogen-bond acceptors (Lipinski definition) is 3. The van der Waals surface area contributed by atoms with E-state index in [1.807, 2.05) is 19.1 Å². The Morgan fingerprint density at radius 2 is 1.90 bits per heavy atom. The Bertz CT molecular complexity index is 608. The van der Waals surface area contributed by atoms with Gasteiger partial charge in [0.1, 0.15) is 5.75 Å². The van der Waals surface area contributed by atoms with E-state index in [1.54, 1.807) is 7.11 Å². The summed E-state index contributed by atoms with van der Waals surface area (Å²) in [5.74, 6) is 0.903. The molecular weight excluding hydrogens is 260 g/mol. The summed E-state index contributed by atoms with van der Waals surface area (Å²) in [5, 5.41) is 0. The number of para-hydroxylation sites is 1. The minimum atomic E-state index is 0.0263. The minimum Gasteiger partial charge on any atom is -0.496 e. The molecule has 0 radical (unpaired) electrons. The molecule has 3 heteroatoms. The average molecular weight is 284 g/mol. The van der Waals surface area contributed by atoms with Crippen molar-refractivity contribution in [1.29, 1.82) is 0 Å². The summed E-state index contributed by atoms with van der Waals surface area (Å²) in [6.45, 7) is 4.91. The molecule has 0 aliphatic carbocycles. The number of anilines is 1. The van der Waals surface area contributed by atoms with E-state index >= 15 is 0 Å². The van der Waals surface area contributed by atoms with Crippen LogP contribution < -0.4 is 15.4 Å². The van der Waals surface area contributed by atoms with E-state index in [9.17, 15) is 0 Å². The molecule has 0 aromatic heterocycles. The highest BCUT2D eigenvalue weighted by molar-refractivity contribution is 5.53. The third kappa shape index (κ3) is 3.56. The van der Waals surface area contributed by atoms with Crippen LogP contribution in [0.15, 0.2) is 42.5 Å². The SMILES string of the molecule is COc1ccc(C(C)N)cc1CN(C)c1ccccc1C. The van der Waals surface area contributed by atoms with Crippen molar-refractivity contribution in [1.82, 2.24) is 0 Å². The number of benzene rings is 2. The van der Waals surface area contributed by atoms with Gasteiger partial charge in [-0.3, -0.25) is 0 Å². The number of ether oxygens (including phenoxy) is 1.